The number of para-hydroxylation sites is 1. The van der Waals surface area contributed by atoms with Crippen LogP contribution in [0.15, 0.2) is 36.4 Å². The first kappa shape index (κ1) is 21.6. The van der Waals surface area contributed by atoms with Crippen molar-refractivity contribution in [1.29, 1.82) is 0 Å². The lowest BCUT2D eigenvalue weighted by atomic mass is 9.88. The lowest BCUT2D eigenvalue weighted by molar-refractivity contribution is 0.0876. The maximum atomic E-state index is 13.0. The van der Waals surface area contributed by atoms with Crippen molar-refractivity contribution in [2.75, 3.05) is 20.1 Å². The highest BCUT2D eigenvalue weighted by atomic mass is 32.1. The topological polar surface area (TPSA) is 62.2 Å². The van der Waals surface area contributed by atoms with Crippen molar-refractivity contribution >= 4 is 27.5 Å². The molecule has 0 atom stereocenters. The average molecular weight is 452 g/mol. The van der Waals surface area contributed by atoms with Gasteiger partial charge in [-0.15, -0.1) is 11.3 Å². The number of carbonyl (C=O) groups is 1. The van der Waals surface area contributed by atoms with Gasteiger partial charge in [0.2, 0.25) is 0 Å². The van der Waals surface area contributed by atoms with Gasteiger partial charge in [-0.25, -0.2) is 4.68 Å². The van der Waals surface area contributed by atoms with Gasteiger partial charge >= 0.3 is 0 Å². The minimum Gasteiger partial charge on any atom is -0.349 e. The molecule has 3 aromatic rings. The van der Waals surface area contributed by atoms with Gasteiger partial charge in [0, 0.05) is 23.5 Å². The van der Waals surface area contributed by atoms with Crippen molar-refractivity contribution in [2.24, 2.45) is 0 Å². The van der Waals surface area contributed by atoms with Gasteiger partial charge < -0.3 is 15.5 Å². The highest BCUT2D eigenvalue weighted by molar-refractivity contribution is 7.20. The number of aryl methyl sites for hydroxylation is 1. The standard InChI is InChI=1S/C25H33N5OS/c1-17-22-16-23(32-25(22)30(28-17)21-6-4-3-5-7-21)24(31)27-19-8-10-20(11-9-19)29-14-12-18(26-2)13-15-29/h3-7,16,18-20,26H,8-15H2,1-2H3,(H,27,31). The Kier molecular flexibility index (Phi) is 6.31. The van der Waals surface area contributed by atoms with E-state index >= 15 is 0 Å². The third-order valence-corrected chi connectivity index (χ3v) is 8.36. The molecule has 3 heterocycles. The molecule has 1 saturated heterocycles. The van der Waals surface area contributed by atoms with Crippen molar-refractivity contribution in [3.63, 3.8) is 0 Å². The second kappa shape index (κ2) is 9.33. The lowest BCUT2D eigenvalue weighted by Gasteiger charge is -2.40. The molecule has 2 fully saturated rings. The number of aromatic nitrogens is 2. The molecule has 7 heteroatoms. The molecule has 1 amide bonds. The maximum Gasteiger partial charge on any atom is 0.261 e. The molecule has 170 valence electrons. The van der Waals surface area contributed by atoms with Crippen LogP contribution in [0.3, 0.4) is 0 Å². The Bertz CT molecular complexity index is 1060. The Labute approximate surface area is 194 Å². The monoisotopic (exact) mass is 451 g/mol. The van der Waals surface area contributed by atoms with E-state index in [2.05, 4.69) is 27.7 Å². The second-order valence-electron chi connectivity index (χ2n) is 9.24. The van der Waals surface area contributed by atoms with Gasteiger partial charge in [0.1, 0.15) is 4.83 Å². The summed E-state index contributed by atoms with van der Waals surface area (Å²) < 4.78 is 1.95. The Morgan fingerprint density at radius 3 is 2.44 bits per heavy atom. The van der Waals surface area contributed by atoms with Gasteiger partial charge in [0.05, 0.1) is 16.3 Å². The summed E-state index contributed by atoms with van der Waals surface area (Å²) in [5.74, 6) is 0.0588. The summed E-state index contributed by atoms with van der Waals surface area (Å²) in [7, 11) is 2.07. The summed E-state index contributed by atoms with van der Waals surface area (Å²) in [4.78, 5) is 17.5. The van der Waals surface area contributed by atoms with Crippen LogP contribution in [0.5, 0.6) is 0 Å². The van der Waals surface area contributed by atoms with Gasteiger partial charge in [-0.2, -0.15) is 5.10 Å². The number of rotatable bonds is 5. The molecule has 0 spiro atoms. The Balaban J connectivity index is 1.21. The van der Waals surface area contributed by atoms with Crippen LogP contribution in [0, 0.1) is 6.92 Å². The van der Waals surface area contributed by atoms with Crippen LogP contribution < -0.4 is 10.6 Å². The van der Waals surface area contributed by atoms with Crippen LogP contribution in [0.25, 0.3) is 15.9 Å². The first-order chi connectivity index (χ1) is 15.6. The summed E-state index contributed by atoms with van der Waals surface area (Å²) in [6.07, 6.45) is 7.01. The van der Waals surface area contributed by atoms with Crippen molar-refractivity contribution in [3.05, 3.63) is 47.0 Å². The summed E-state index contributed by atoms with van der Waals surface area (Å²) in [5, 5.41) is 12.5. The van der Waals surface area contributed by atoms with Crippen LogP contribution in [0.1, 0.15) is 53.9 Å². The minimum absolute atomic E-state index is 0.0588. The van der Waals surface area contributed by atoms with E-state index in [1.54, 1.807) is 0 Å². The molecule has 1 aromatic carbocycles. The van der Waals surface area contributed by atoms with E-state index in [4.69, 9.17) is 0 Å². The average Bonchev–Trinajstić information content (AvgIpc) is 3.41. The molecule has 2 N–H and O–H groups in total. The van der Waals surface area contributed by atoms with Crippen molar-refractivity contribution in [3.8, 4) is 5.69 Å². The third kappa shape index (κ3) is 4.34. The zero-order valence-electron chi connectivity index (χ0n) is 19.0. The summed E-state index contributed by atoms with van der Waals surface area (Å²) >= 11 is 1.54. The first-order valence-corrected chi connectivity index (χ1v) is 12.7. The van der Waals surface area contributed by atoms with Gasteiger partial charge in [0.25, 0.3) is 5.91 Å². The van der Waals surface area contributed by atoms with E-state index in [9.17, 15) is 4.79 Å². The van der Waals surface area contributed by atoms with E-state index in [0.29, 0.717) is 12.1 Å². The molecular weight excluding hydrogens is 418 g/mol. The van der Waals surface area contributed by atoms with E-state index in [-0.39, 0.29) is 11.9 Å². The molecule has 1 aliphatic heterocycles. The summed E-state index contributed by atoms with van der Waals surface area (Å²) in [5.41, 5.74) is 1.98. The Morgan fingerprint density at radius 1 is 1.03 bits per heavy atom. The molecule has 5 rings (SSSR count). The number of benzene rings is 1. The second-order valence-corrected chi connectivity index (χ2v) is 10.3. The van der Waals surface area contributed by atoms with E-state index in [1.165, 1.54) is 50.1 Å². The molecule has 0 bridgehead atoms. The van der Waals surface area contributed by atoms with Crippen LogP contribution in [0.2, 0.25) is 0 Å². The van der Waals surface area contributed by atoms with Crippen LogP contribution in [-0.4, -0.2) is 58.9 Å². The molecule has 2 aliphatic rings. The van der Waals surface area contributed by atoms with Crippen molar-refractivity contribution in [1.82, 2.24) is 25.3 Å². The Morgan fingerprint density at radius 2 is 1.75 bits per heavy atom. The first-order valence-electron chi connectivity index (χ1n) is 11.9. The lowest BCUT2D eigenvalue weighted by Crippen LogP contribution is -2.48. The van der Waals surface area contributed by atoms with E-state index in [0.717, 1.165) is 39.3 Å². The number of hydrogen-bond acceptors (Lipinski definition) is 5. The molecule has 1 saturated carbocycles. The molecule has 2 aromatic heterocycles. The highest BCUT2D eigenvalue weighted by Crippen LogP contribution is 2.31. The number of hydrogen-bond donors (Lipinski definition) is 2. The van der Waals surface area contributed by atoms with Crippen LogP contribution >= 0.6 is 11.3 Å². The fourth-order valence-electron chi connectivity index (χ4n) is 5.30. The van der Waals surface area contributed by atoms with Crippen LogP contribution in [-0.2, 0) is 0 Å². The molecule has 0 radical (unpaired) electrons. The van der Waals surface area contributed by atoms with Gasteiger partial charge in [-0.05, 0) is 83.8 Å². The molecule has 6 nitrogen and oxygen atoms in total. The third-order valence-electron chi connectivity index (χ3n) is 7.26. The summed E-state index contributed by atoms with van der Waals surface area (Å²) in [6.45, 7) is 4.41. The SMILES string of the molecule is CNC1CCN(C2CCC(NC(=O)c3cc4c(C)nn(-c5ccccc5)c4s3)CC2)CC1. The van der Waals surface area contributed by atoms with E-state index in [1.807, 2.05) is 48.0 Å². The fraction of sp³-hybridized carbons (Fsp3) is 0.520. The largest absolute Gasteiger partial charge is 0.349 e. The van der Waals surface area contributed by atoms with Crippen LogP contribution in [0.4, 0.5) is 0 Å². The zero-order valence-corrected chi connectivity index (χ0v) is 19.8. The molecule has 1 aliphatic carbocycles. The van der Waals surface area contributed by atoms with Crippen molar-refractivity contribution < 1.29 is 4.79 Å². The number of fused-ring (bicyclic) bond motifs is 1. The molecule has 0 unspecified atom stereocenters. The number of thiophene rings is 1. The normalized spacial score (nSPS) is 22.9. The molecule has 32 heavy (non-hydrogen) atoms. The number of nitrogens with zero attached hydrogens (tertiary/aromatic N) is 3. The quantitative estimate of drug-likeness (QED) is 0.613. The van der Waals surface area contributed by atoms with E-state index < -0.39 is 0 Å². The minimum atomic E-state index is 0.0588. The highest BCUT2D eigenvalue weighted by Gasteiger charge is 2.29. The van der Waals surface area contributed by atoms with Gasteiger partial charge in [-0.1, -0.05) is 18.2 Å². The fourth-order valence-corrected chi connectivity index (χ4v) is 6.38. The molecular formula is C25H33N5OS. The van der Waals surface area contributed by atoms with Gasteiger partial charge in [0.15, 0.2) is 0 Å². The number of likely N-dealkylation sites (tertiary alicyclic amines) is 1. The number of carbonyl (C=O) groups excluding carboxylic acids is 1. The predicted molar refractivity (Wildman–Crippen MR) is 131 cm³/mol. The predicted octanol–water partition coefficient (Wildman–Crippen LogP) is 4.12. The Hall–Kier alpha value is -2.22. The maximum absolute atomic E-state index is 13.0. The summed E-state index contributed by atoms with van der Waals surface area (Å²) in [6, 6.07) is 13.8. The number of nitrogens with one attached hydrogen (secondary N) is 2. The number of piperidine rings is 1. The van der Waals surface area contributed by atoms with Crippen molar-refractivity contribution in [2.45, 2.75) is 63.6 Å². The smallest absolute Gasteiger partial charge is 0.261 e. The number of amides is 1. The van der Waals surface area contributed by atoms with Gasteiger partial charge in [-0.3, -0.25) is 4.79 Å². The zero-order chi connectivity index (χ0) is 22.1.